The van der Waals surface area contributed by atoms with Crippen molar-refractivity contribution in [1.29, 1.82) is 0 Å². The molecule has 2 rings (SSSR count). The number of methoxy groups -OCH3 is 2. The predicted octanol–water partition coefficient (Wildman–Crippen LogP) is 3.15. The molecule has 1 aromatic heterocycles. The molecule has 5 nitrogen and oxygen atoms in total. The number of nitrogens with zero attached hydrogens (tertiary/aromatic N) is 2. The van der Waals surface area contributed by atoms with Crippen LogP contribution in [0.25, 0.3) is 11.4 Å². The van der Waals surface area contributed by atoms with Gasteiger partial charge in [-0.05, 0) is 12.1 Å². The standard InChI is InChI=1S/C11H10Cl2N2O3/c1-16-8-4-6(3-7(13)10(8)17-2)11-14-9(5-12)18-15-11/h3-4H,5H2,1-2H3. The van der Waals surface area contributed by atoms with Crippen molar-refractivity contribution in [3.05, 3.63) is 23.0 Å². The molecule has 0 N–H and O–H groups in total. The smallest absolute Gasteiger partial charge is 0.241 e. The van der Waals surface area contributed by atoms with Crippen LogP contribution in [0.1, 0.15) is 5.89 Å². The van der Waals surface area contributed by atoms with E-state index >= 15 is 0 Å². The van der Waals surface area contributed by atoms with Gasteiger partial charge >= 0.3 is 0 Å². The first-order chi connectivity index (χ1) is 8.69. The van der Waals surface area contributed by atoms with E-state index in [4.69, 9.17) is 37.2 Å². The Hall–Kier alpha value is -1.46. The fourth-order valence-corrected chi connectivity index (χ4v) is 1.87. The molecule has 0 atom stereocenters. The molecule has 0 amide bonds. The third kappa shape index (κ3) is 2.37. The van der Waals surface area contributed by atoms with Crippen LogP contribution in [0.4, 0.5) is 0 Å². The molecule has 0 saturated carbocycles. The fourth-order valence-electron chi connectivity index (χ4n) is 1.47. The molecule has 0 bridgehead atoms. The molecule has 0 aliphatic heterocycles. The highest BCUT2D eigenvalue weighted by molar-refractivity contribution is 6.32. The molecule has 0 unspecified atom stereocenters. The van der Waals surface area contributed by atoms with Crippen LogP contribution < -0.4 is 9.47 Å². The van der Waals surface area contributed by atoms with E-state index in [1.807, 2.05) is 0 Å². The van der Waals surface area contributed by atoms with E-state index in [0.717, 1.165) is 0 Å². The summed E-state index contributed by atoms with van der Waals surface area (Å²) in [6.45, 7) is 0. The maximum absolute atomic E-state index is 6.09. The summed E-state index contributed by atoms with van der Waals surface area (Å²) >= 11 is 11.7. The van der Waals surface area contributed by atoms with E-state index in [9.17, 15) is 0 Å². The maximum atomic E-state index is 6.09. The lowest BCUT2D eigenvalue weighted by atomic mass is 10.2. The van der Waals surface area contributed by atoms with Crippen molar-refractivity contribution in [2.75, 3.05) is 14.2 Å². The van der Waals surface area contributed by atoms with Gasteiger partial charge in [-0.1, -0.05) is 16.8 Å². The van der Waals surface area contributed by atoms with Crippen LogP contribution in [-0.2, 0) is 5.88 Å². The number of rotatable bonds is 4. The van der Waals surface area contributed by atoms with Crippen LogP contribution in [0.3, 0.4) is 0 Å². The van der Waals surface area contributed by atoms with Gasteiger partial charge in [0.05, 0.1) is 19.2 Å². The number of aromatic nitrogens is 2. The van der Waals surface area contributed by atoms with E-state index in [0.29, 0.717) is 33.8 Å². The Morgan fingerprint density at radius 2 is 2.06 bits per heavy atom. The van der Waals surface area contributed by atoms with Gasteiger partial charge < -0.3 is 14.0 Å². The molecule has 0 aliphatic rings. The highest BCUT2D eigenvalue weighted by Crippen LogP contribution is 2.38. The lowest BCUT2D eigenvalue weighted by molar-refractivity contribution is 0.355. The summed E-state index contributed by atoms with van der Waals surface area (Å²) < 4.78 is 15.3. The second-order valence-corrected chi connectivity index (χ2v) is 4.01. The monoisotopic (exact) mass is 288 g/mol. The Morgan fingerprint density at radius 1 is 1.28 bits per heavy atom. The number of benzene rings is 1. The van der Waals surface area contributed by atoms with Gasteiger partial charge in [0, 0.05) is 5.56 Å². The van der Waals surface area contributed by atoms with E-state index < -0.39 is 0 Å². The van der Waals surface area contributed by atoms with Crippen LogP contribution >= 0.6 is 23.2 Å². The Labute approximate surface area is 114 Å². The Morgan fingerprint density at radius 3 is 2.61 bits per heavy atom. The number of hydrogen-bond donors (Lipinski definition) is 0. The van der Waals surface area contributed by atoms with Gasteiger partial charge in [0.1, 0.15) is 5.88 Å². The number of halogens is 2. The van der Waals surface area contributed by atoms with Crippen LogP contribution in [0.5, 0.6) is 11.5 Å². The van der Waals surface area contributed by atoms with Crippen molar-refractivity contribution in [3.8, 4) is 22.9 Å². The minimum Gasteiger partial charge on any atom is -0.493 e. The number of alkyl halides is 1. The van der Waals surface area contributed by atoms with E-state index in [1.54, 1.807) is 12.1 Å². The molecule has 0 fully saturated rings. The van der Waals surface area contributed by atoms with Gasteiger partial charge in [0.15, 0.2) is 11.5 Å². The second-order valence-electron chi connectivity index (χ2n) is 3.34. The van der Waals surface area contributed by atoms with Gasteiger partial charge in [0.2, 0.25) is 11.7 Å². The van der Waals surface area contributed by atoms with Gasteiger partial charge in [0.25, 0.3) is 0 Å². The summed E-state index contributed by atoms with van der Waals surface area (Å²) in [6, 6.07) is 3.39. The summed E-state index contributed by atoms with van der Waals surface area (Å²) in [5.74, 6) is 1.86. The molecule has 0 spiro atoms. The van der Waals surface area contributed by atoms with E-state index in [2.05, 4.69) is 10.1 Å². The van der Waals surface area contributed by atoms with Crippen molar-refractivity contribution in [3.63, 3.8) is 0 Å². The molecule has 2 aromatic rings. The minimum absolute atomic E-state index is 0.161. The highest BCUT2D eigenvalue weighted by Gasteiger charge is 2.15. The van der Waals surface area contributed by atoms with Crippen molar-refractivity contribution < 1.29 is 14.0 Å². The summed E-state index contributed by atoms with van der Waals surface area (Å²) in [4.78, 5) is 4.11. The summed E-state index contributed by atoms with van der Waals surface area (Å²) in [6.07, 6.45) is 0. The number of ether oxygens (including phenoxy) is 2. The molecule has 0 aliphatic carbocycles. The molecule has 96 valence electrons. The zero-order valence-electron chi connectivity index (χ0n) is 9.74. The first kappa shape index (κ1) is 13.0. The van der Waals surface area contributed by atoms with Crippen LogP contribution in [0.15, 0.2) is 16.7 Å². The Bertz CT molecular complexity index is 557. The van der Waals surface area contributed by atoms with Crippen LogP contribution in [-0.4, -0.2) is 24.4 Å². The molecular weight excluding hydrogens is 279 g/mol. The van der Waals surface area contributed by atoms with Crippen LogP contribution in [0, 0.1) is 0 Å². The zero-order valence-corrected chi connectivity index (χ0v) is 11.2. The maximum Gasteiger partial charge on any atom is 0.241 e. The van der Waals surface area contributed by atoms with Crippen LogP contribution in [0.2, 0.25) is 5.02 Å². The second kappa shape index (κ2) is 5.46. The molecule has 18 heavy (non-hydrogen) atoms. The largest absolute Gasteiger partial charge is 0.493 e. The first-order valence-electron chi connectivity index (χ1n) is 5.00. The van der Waals surface area contributed by atoms with Crippen molar-refractivity contribution >= 4 is 23.2 Å². The molecule has 1 aromatic carbocycles. The lowest BCUT2D eigenvalue weighted by Gasteiger charge is -2.10. The summed E-state index contributed by atoms with van der Waals surface area (Å²) in [5, 5.41) is 4.21. The third-order valence-corrected chi connectivity index (χ3v) is 2.78. The average Bonchev–Trinajstić information content (AvgIpc) is 2.86. The number of hydrogen-bond acceptors (Lipinski definition) is 5. The fraction of sp³-hybridized carbons (Fsp3) is 0.273. The Balaban J connectivity index is 2.48. The summed E-state index contributed by atoms with van der Waals surface area (Å²) in [5.41, 5.74) is 0.665. The zero-order chi connectivity index (χ0) is 13.1. The average molecular weight is 289 g/mol. The normalized spacial score (nSPS) is 10.4. The van der Waals surface area contributed by atoms with Gasteiger partial charge in [-0.15, -0.1) is 11.6 Å². The quantitative estimate of drug-likeness (QED) is 0.809. The Kier molecular flexibility index (Phi) is 3.93. The van der Waals surface area contributed by atoms with Gasteiger partial charge in [-0.25, -0.2) is 0 Å². The molecule has 0 radical (unpaired) electrons. The van der Waals surface area contributed by atoms with Crippen molar-refractivity contribution in [1.82, 2.24) is 10.1 Å². The summed E-state index contributed by atoms with van der Waals surface area (Å²) in [7, 11) is 3.04. The van der Waals surface area contributed by atoms with E-state index in [1.165, 1.54) is 14.2 Å². The third-order valence-electron chi connectivity index (χ3n) is 2.27. The first-order valence-corrected chi connectivity index (χ1v) is 5.91. The topological polar surface area (TPSA) is 57.4 Å². The van der Waals surface area contributed by atoms with Gasteiger partial charge in [-0.2, -0.15) is 4.98 Å². The highest BCUT2D eigenvalue weighted by atomic mass is 35.5. The predicted molar refractivity (Wildman–Crippen MR) is 67.4 cm³/mol. The SMILES string of the molecule is COc1cc(-c2noc(CCl)n2)cc(Cl)c1OC. The molecular formula is C11H10Cl2N2O3. The lowest BCUT2D eigenvalue weighted by Crippen LogP contribution is -1.93. The molecule has 7 heteroatoms. The minimum atomic E-state index is 0.161. The van der Waals surface area contributed by atoms with Crippen molar-refractivity contribution in [2.24, 2.45) is 0 Å². The van der Waals surface area contributed by atoms with Crippen molar-refractivity contribution in [2.45, 2.75) is 5.88 Å². The van der Waals surface area contributed by atoms with E-state index in [-0.39, 0.29) is 5.88 Å². The molecule has 1 heterocycles. The molecule has 0 saturated heterocycles. The van der Waals surface area contributed by atoms with Gasteiger partial charge in [-0.3, -0.25) is 0 Å².